The van der Waals surface area contributed by atoms with Crippen molar-refractivity contribution in [1.82, 2.24) is 15.1 Å². The molecule has 0 bridgehead atoms. The Bertz CT molecular complexity index is 483. The molecule has 1 aliphatic heterocycles. The maximum absolute atomic E-state index is 6.06. The fourth-order valence-corrected chi connectivity index (χ4v) is 2.97. The van der Waals surface area contributed by atoms with Crippen LogP contribution in [0.25, 0.3) is 10.6 Å². The summed E-state index contributed by atoms with van der Waals surface area (Å²) in [4.78, 5) is 1.18. The highest BCUT2D eigenvalue weighted by Gasteiger charge is 2.19. The van der Waals surface area contributed by atoms with Crippen molar-refractivity contribution < 1.29 is 0 Å². The van der Waals surface area contributed by atoms with Gasteiger partial charge in [-0.1, -0.05) is 6.07 Å². The molecule has 0 spiro atoms. The molecule has 1 aliphatic rings. The van der Waals surface area contributed by atoms with E-state index in [9.17, 15) is 0 Å². The quantitative estimate of drug-likeness (QED) is 0.856. The van der Waals surface area contributed by atoms with Crippen molar-refractivity contribution in [3.63, 3.8) is 0 Å². The molecule has 3 N–H and O–H groups in total. The number of nitrogens with zero attached hydrogens (tertiary/aromatic N) is 2. The van der Waals surface area contributed by atoms with Gasteiger partial charge in [-0.05, 0) is 30.8 Å². The van der Waals surface area contributed by atoms with Gasteiger partial charge in [0.25, 0.3) is 0 Å². The summed E-state index contributed by atoms with van der Waals surface area (Å²) >= 11 is 1.70. The molecule has 17 heavy (non-hydrogen) atoms. The molecular formula is C12H16N4S. The maximum Gasteiger partial charge on any atom is 0.122 e. The van der Waals surface area contributed by atoms with Crippen molar-refractivity contribution >= 4 is 17.2 Å². The van der Waals surface area contributed by atoms with Gasteiger partial charge in [-0.15, -0.1) is 11.3 Å². The average molecular weight is 248 g/mol. The van der Waals surface area contributed by atoms with E-state index in [4.69, 9.17) is 5.73 Å². The summed E-state index contributed by atoms with van der Waals surface area (Å²) in [7, 11) is 0. The van der Waals surface area contributed by atoms with Gasteiger partial charge in [0.15, 0.2) is 0 Å². The van der Waals surface area contributed by atoms with Gasteiger partial charge in [0, 0.05) is 12.6 Å². The molecular weight excluding hydrogens is 232 g/mol. The van der Waals surface area contributed by atoms with Crippen LogP contribution in [-0.2, 0) is 0 Å². The summed E-state index contributed by atoms with van der Waals surface area (Å²) in [5, 5.41) is 10.1. The minimum absolute atomic E-state index is 0.400. The molecule has 3 heterocycles. The van der Waals surface area contributed by atoms with E-state index in [-0.39, 0.29) is 0 Å². The Morgan fingerprint density at radius 3 is 3.18 bits per heavy atom. The van der Waals surface area contributed by atoms with E-state index in [1.165, 1.54) is 11.3 Å². The van der Waals surface area contributed by atoms with Crippen LogP contribution in [0.15, 0.2) is 23.6 Å². The van der Waals surface area contributed by atoms with E-state index < -0.39 is 0 Å². The molecule has 2 aromatic rings. The molecule has 0 radical (unpaired) electrons. The first kappa shape index (κ1) is 10.8. The topological polar surface area (TPSA) is 55.9 Å². The van der Waals surface area contributed by atoms with Gasteiger partial charge in [-0.25, -0.2) is 4.68 Å². The number of piperidine rings is 1. The molecule has 0 aliphatic carbocycles. The van der Waals surface area contributed by atoms with Crippen LogP contribution in [0.2, 0.25) is 0 Å². The number of nitrogen functional groups attached to an aromatic ring is 1. The molecule has 5 heteroatoms. The third-order valence-electron chi connectivity index (χ3n) is 3.15. The average Bonchev–Trinajstić information content (AvgIpc) is 2.99. The van der Waals surface area contributed by atoms with Gasteiger partial charge in [0.05, 0.1) is 10.9 Å². The third-order valence-corrected chi connectivity index (χ3v) is 4.05. The minimum Gasteiger partial charge on any atom is -0.384 e. The minimum atomic E-state index is 0.400. The summed E-state index contributed by atoms with van der Waals surface area (Å²) in [6.45, 7) is 2.07. The Hall–Kier alpha value is -1.33. The fourth-order valence-electron chi connectivity index (χ4n) is 2.29. The van der Waals surface area contributed by atoms with Crippen LogP contribution < -0.4 is 11.1 Å². The number of rotatable bonds is 2. The fraction of sp³-hybridized carbons (Fsp3) is 0.417. The largest absolute Gasteiger partial charge is 0.384 e. The van der Waals surface area contributed by atoms with Crippen molar-refractivity contribution in [2.24, 2.45) is 0 Å². The summed E-state index contributed by atoms with van der Waals surface area (Å²) in [5.41, 5.74) is 7.04. The summed E-state index contributed by atoms with van der Waals surface area (Å²) in [6.07, 6.45) is 2.35. The first-order valence-electron chi connectivity index (χ1n) is 5.94. The second-order valence-corrected chi connectivity index (χ2v) is 5.32. The zero-order valence-corrected chi connectivity index (χ0v) is 10.4. The van der Waals surface area contributed by atoms with Crippen molar-refractivity contribution in [3.05, 3.63) is 23.6 Å². The van der Waals surface area contributed by atoms with Crippen LogP contribution in [0.4, 0.5) is 5.82 Å². The summed E-state index contributed by atoms with van der Waals surface area (Å²) in [5.74, 6) is 0.766. The Labute approximate surface area is 104 Å². The van der Waals surface area contributed by atoms with Crippen LogP contribution in [0.5, 0.6) is 0 Å². The van der Waals surface area contributed by atoms with E-state index in [1.807, 2.05) is 16.8 Å². The normalized spacial score (nSPS) is 20.6. The second-order valence-electron chi connectivity index (χ2n) is 4.38. The lowest BCUT2D eigenvalue weighted by Gasteiger charge is -2.23. The van der Waals surface area contributed by atoms with E-state index in [0.717, 1.165) is 31.0 Å². The highest BCUT2D eigenvalue weighted by Crippen LogP contribution is 2.28. The Morgan fingerprint density at radius 1 is 1.53 bits per heavy atom. The van der Waals surface area contributed by atoms with Crippen LogP contribution in [0.3, 0.4) is 0 Å². The lowest BCUT2D eigenvalue weighted by Crippen LogP contribution is -2.32. The van der Waals surface area contributed by atoms with Gasteiger partial charge >= 0.3 is 0 Å². The lowest BCUT2D eigenvalue weighted by atomic mass is 10.1. The zero-order chi connectivity index (χ0) is 11.7. The van der Waals surface area contributed by atoms with Crippen LogP contribution in [0.1, 0.15) is 18.9 Å². The Balaban J connectivity index is 1.90. The standard InChI is InChI=1S/C12H16N4S/c13-12-7-10(11-4-2-6-17-11)15-16(12)9-3-1-5-14-8-9/h2,4,6-7,9,14H,1,3,5,8,13H2/t9-/m0/s1. The van der Waals surface area contributed by atoms with Crippen molar-refractivity contribution in [2.75, 3.05) is 18.8 Å². The summed E-state index contributed by atoms with van der Waals surface area (Å²) < 4.78 is 1.97. The molecule has 90 valence electrons. The molecule has 3 rings (SSSR count). The van der Waals surface area contributed by atoms with E-state index in [0.29, 0.717) is 6.04 Å². The molecule has 0 saturated carbocycles. The van der Waals surface area contributed by atoms with Crippen molar-refractivity contribution in [2.45, 2.75) is 18.9 Å². The maximum atomic E-state index is 6.06. The number of thiophene rings is 1. The number of anilines is 1. The number of nitrogens with two attached hydrogens (primary N) is 1. The van der Waals surface area contributed by atoms with Gasteiger partial charge in [0.2, 0.25) is 0 Å². The summed E-state index contributed by atoms with van der Waals surface area (Å²) in [6, 6.07) is 6.49. The lowest BCUT2D eigenvalue weighted by molar-refractivity contribution is 0.351. The zero-order valence-electron chi connectivity index (χ0n) is 9.60. The van der Waals surface area contributed by atoms with E-state index in [2.05, 4.69) is 21.9 Å². The molecule has 0 aromatic carbocycles. The highest BCUT2D eigenvalue weighted by atomic mass is 32.1. The van der Waals surface area contributed by atoms with Crippen LogP contribution in [-0.4, -0.2) is 22.9 Å². The molecule has 0 unspecified atom stereocenters. The molecule has 1 saturated heterocycles. The monoisotopic (exact) mass is 248 g/mol. The van der Waals surface area contributed by atoms with Gasteiger partial charge in [0.1, 0.15) is 11.5 Å². The van der Waals surface area contributed by atoms with Crippen LogP contribution >= 0.6 is 11.3 Å². The predicted octanol–water partition coefficient (Wildman–Crippen LogP) is 2.12. The number of aromatic nitrogens is 2. The SMILES string of the molecule is Nc1cc(-c2cccs2)nn1[C@H]1CCCNC1. The first-order valence-corrected chi connectivity index (χ1v) is 6.82. The highest BCUT2D eigenvalue weighted by molar-refractivity contribution is 7.13. The van der Waals surface area contributed by atoms with E-state index >= 15 is 0 Å². The van der Waals surface area contributed by atoms with Crippen molar-refractivity contribution in [1.29, 1.82) is 0 Å². The molecule has 1 atom stereocenters. The third kappa shape index (κ3) is 2.08. The Kier molecular flexibility index (Phi) is 2.86. The number of hydrogen-bond donors (Lipinski definition) is 2. The van der Waals surface area contributed by atoms with Gasteiger partial charge in [-0.2, -0.15) is 5.10 Å². The van der Waals surface area contributed by atoms with Crippen LogP contribution in [0, 0.1) is 0 Å². The number of nitrogens with one attached hydrogen (secondary N) is 1. The predicted molar refractivity (Wildman–Crippen MR) is 71.1 cm³/mol. The molecule has 2 aromatic heterocycles. The first-order chi connectivity index (χ1) is 8.34. The Morgan fingerprint density at radius 2 is 2.47 bits per heavy atom. The van der Waals surface area contributed by atoms with E-state index in [1.54, 1.807) is 11.3 Å². The molecule has 1 fully saturated rings. The second kappa shape index (κ2) is 4.50. The van der Waals surface area contributed by atoms with Crippen molar-refractivity contribution in [3.8, 4) is 10.6 Å². The molecule has 0 amide bonds. The van der Waals surface area contributed by atoms with Gasteiger partial charge < -0.3 is 11.1 Å². The smallest absolute Gasteiger partial charge is 0.122 e. The van der Waals surface area contributed by atoms with Gasteiger partial charge in [-0.3, -0.25) is 0 Å². The molecule has 4 nitrogen and oxygen atoms in total. The number of hydrogen-bond acceptors (Lipinski definition) is 4.